The topological polar surface area (TPSA) is 64.7 Å². The van der Waals surface area contributed by atoms with Crippen LogP contribution in [0.4, 0.5) is 10.5 Å². The number of amides is 3. The van der Waals surface area contributed by atoms with Crippen molar-refractivity contribution in [3.8, 4) is 0 Å². The molecule has 0 radical (unpaired) electrons. The quantitative estimate of drug-likeness (QED) is 0.580. The van der Waals surface area contributed by atoms with Crippen LogP contribution < -0.4 is 10.6 Å². The molecule has 3 rings (SSSR count). The van der Waals surface area contributed by atoms with Crippen LogP contribution in [0, 0.1) is 0 Å². The fourth-order valence-electron chi connectivity index (χ4n) is 4.36. The van der Waals surface area contributed by atoms with Crippen molar-refractivity contribution < 1.29 is 9.59 Å². The molecular formula is C27H38N4O2. The lowest BCUT2D eigenvalue weighted by atomic mass is 9.89. The number of carbonyl (C=O) groups is 2. The molecule has 178 valence electrons. The van der Waals surface area contributed by atoms with Crippen molar-refractivity contribution in [2.24, 2.45) is 0 Å². The van der Waals surface area contributed by atoms with Crippen molar-refractivity contribution in [1.29, 1.82) is 0 Å². The van der Waals surface area contributed by atoms with E-state index in [1.807, 2.05) is 47.4 Å². The van der Waals surface area contributed by atoms with E-state index in [0.29, 0.717) is 18.7 Å². The summed E-state index contributed by atoms with van der Waals surface area (Å²) in [6.45, 7) is 11.2. The number of benzene rings is 2. The van der Waals surface area contributed by atoms with Gasteiger partial charge in [-0.1, -0.05) is 45.0 Å². The molecule has 0 bridgehead atoms. The zero-order valence-corrected chi connectivity index (χ0v) is 20.3. The van der Waals surface area contributed by atoms with Gasteiger partial charge < -0.3 is 20.4 Å². The van der Waals surface area contributed by atoms with Crippen LogP contribution in [0.1, 0.15) is 61.0 Å². The number of likely N-dealkylation sites (tertiary alicyclic amines) is 1. The van der Waals surface area contributed by atoms with E-state index in [1.54, 1.807) is 0 Å². The second-order valence-electron chi connectivity index (χ2n) is 8.67. The van der Waals surface area contributed by atoms with Gasteiger partial charge in [0.05, 0.1) is 0 Å². The van der Waals surface area contributed by atoms with E-state index < -0.39 is 0 Å². The number of rotatable bonds is 9. The molecule has 1 atom stereocenters. The molecule has 1 unspecified atom stereocenters. The van der Waals surface area contributed by atoms with E-state index in [2.05, 4.69) is 42.4 Å². The second kappa shape index (κ2) is 12.4. The Hall–Kier alpha value is -2.86. The molecule has 2 N–H and O–H groups in total. The summed E-state index contributed by atoms with van der Waals surface area (Å²) >= 11 is 0. The highest BCUT2D eigenvalue weighted by molar-refractivity contribution is 5.94. The second-order valence-corrected chi connectivity index (χ2v) is 8.67. The van der Waals surface area contributed by atoms with Crippen LogP contribution in [0.5, 0.6) is 0 Å². The molecule has 2 aromatic carbocycles. The maximum atomic E-state index is 12.8. The summed E-state index contributed by atoms with van der Waals surface area (Å²) in [4.78, 5) is 29.7. The van der Waals surface area contributed by atoms with E-state index in [1.165, 1.54) is 5.56 Å². The smallest absolute Gasteiger partial charge is 0.321 e. The van der Waals surface area contributed by atoms with Crippen LogP contribution in [0.15, 0.2) is 48.5 Å². The maximum absolute atomic E-state index is 12.8. The predicted octanol–water partition coefficient (Wildman–Crippen LogP) is 4.73. The average molecular weight is 451 g/mol. The number of nitrogens with one attached hydrogen (secondary N) is 2. The van der Waals surface area contributed by atoms with E-state index in [9.17, 15) is 9.59 Å². The number of nitrogens with zero attached hydrogens (tertiary/aromatic N) is 2. The summed E-state index contributed by atoms with van der Waals surface area (Å²) in [5.74, 6) is 0.195. The van der Waals surface area contributed by atoms with Crippen molar-refractivity contribution in [2.45, 2.75) is 46.0 Å². The highest BCUT2D eigenvalue weighted by Gasteiger charge is 2.25. The number of piperidine rings is 1. The third-order valence-electron chi connectivity index (χ3n) is 6.55. The van der Waals surface area contributed by atoms with Gasteiger partial charge in [0.1, 0.15) is 0 Å². The Morgan fingerprint density at radius 3 is 2.52 bits per heavy atom. The van der Waals surface area contributed by atoms with Crippen LogP contribution in [0.25, 0.3) is 0 Å². The molecule has 1 fully saturated rings. The Morgan fingerprint density at radius 2 is 1.82 bits per heavy atom. The number of anilines is 1. The minimum atomic E-state index is -0.0609. The molecule has 33 heavy (non-hydrogen) atoms. The molecule has 0 saturated carbocycles. The van der Waals surface area contributed by atoms with Gasteiger partial charge in [-0.3, -0.25) is 4.79 Å². The lowest BCUT2D eigenvalue weighted by Crippen LogP contribution is -2.41. The first kappa shape index (κ1) is 24.8. The van der Waals surface area contributed by atoms with E-state index in [-0.39, 0.29) is 17.9 Å². The molecule has 6 nitrogen and oxygen atoms in total. The van der Waals surface area contributed by atoms with E-state index >= 15 is 0 Å². The lowest BCUT2D eigenvalue weighted by molar-refractivity contribution is 0.0948. The maximum Gasteiger partial charge on any atom is 0.321 e. The van der Waals surface area contributed by atoms with Crippen molar-refractivity contribution in [3.05, 3.63) is 65.2 Å². The van der Waals surface area contributed by atoms with Crippen LogP contribution in [-0.2, 0) is 6.42 Å². The fourth-order valence-corrected chi connectivity index (χ4v) is 4.36. The summed E-state index contributed by atoms with van der Waals surface area (Å²) in [6.07, 6.45) is 2.95. The monoisotopic (exact) mass is 450 g/mol. The molecular weight excluding hydrogens is 412 g/mol. The van der Waals surface area contributed by atoms with Gasteiger partial charge in [-0.2, -0.15) is 0 Å². The first-order valence-electron chi connectivity index (χ1n) is 12.3. The summed E-state index contributed by atoms with van der Waals surface area (Å²) < 4.78 is 0. The van der Waals surface area contributed by atoms with Gasteiger partial charge in [-0.15, -0.1) is 0 Å². The molecule has 1 heterocycles. The van der Waals surface area contributed by atoms with Gasteiger partial charge in [-0.05, 0) is 67.7 Å². The Morgan fingerprint density at radius 1 is 1.06 bits per heavy atom. The Balaban J connectivity index is 1.57. The van der Waals surface area contributed by atoms with Crippen LogP contribution in [-0.4, -0.2) is 61.0 Å². The Kier molecular flexibility index (Phi) is 9.31. The fraction of sp³-hybridized carbons (Fsp3) is 0.481. The largest absolute Gasteiger partial charge is 0.351 e. The number of hydrogen-bond donors (Lipinski definition) is 2. The molecule has 2 aromatic rings. The normalized spacial score (nSPS) is 16.0. The van der Waals surface area contributed by atoms with Crippen molar-refractivity contribution in [1.82, 2.24) is 15.1 Å². The highest BCUT2D eigenvalue weighted by Crippen LogP contribution is 2.28. The summed E-state index contributed by atoms with van der Waals surface area (Å²) in [6, 6.07) is 15.8. The first-order chi connectivity index (χ1) is 16.0. The van der Waals surface area contributed by atoms with E-state index in [4.69, 9.17) is 0 Å². The van der Waals surface area contributed by atoms with Gasteiger partial charge in [-0.25, -0.2) is 4.79 Å². The molecule has 0 aromatic heterocycles. The Bertz CT molecular complexity index is 909. The van der Waals surface area contributed by atoms with Crippen LogP contribution >= 0.6 is 0 Å². The van der Waals surface area contributed by atoms with Gasteiger partial charge in [0, 0.05) is 43.3 Å². The minimum absolute atomic E-state index is 0.0371. The van der Waals surface area contributed by atoms with Gasteiger partial charge in [0.2, 0.25) is 0 Å². The highest BCUT2D eigenvalue weighted by atomic mass is 16.2. The summed E-state index contributed by atoms with van der Waals surface area (Å²) in [5, 5.41) is 6.06. The molecule has 6 heteroatoms. The number of hydrogen-bond acceptors (Lipinski definition) is 3. The van der Waals surface area contributed by atoms with Crippen molar-refractivity contribution in [3.63, 3.8) is 0 Å². The van der Waals surface area contributed by atoms with Gasteiger partial charge >= 0.3 is 6.03 Å². The predicted molar refractivity (Wildman–Crippen MR) is 135 cm³/mol. The van der Waals surface area contributed by atoms with Crippen molar-refractivity contribution >= 4 is 17.6 Å². The number of urea groups is 1. The minimum Gasteiger partial charge on any atom is -0.351 e. The third-order valence-corrected chi connectivity index (χ3v) is 6.55. The number of aryl methyl sites for hydroxylation is 1. The standard InChI is InChI=1S/C27H38N4O2/c1-4-21-12-14-25(15-13-21)29-27(33)31-17-8-11-24(20-31)22-9-7-10-23(19-22)26(32)28-16-18-30(5-2)6-3/h7,9-10,12-15,19,24H,4-6,8,11,16-18,20H2,1-3H3,(H,28,32)(H,29,33). The summed E-state index contributed by atoms with van der Waals surface area (Å²) in [5.41, 5.74) is 3.88. The number of carbonyl (C=O) groups excluding carboxylic acids is 2. The molecule has 1 aliphatic rings. The molecule has 0 aliphatic carbocycles. The SMILES string of the molecule is CCc1ccc(NC(=O)N2CCCC(c3cccc(C(=O)NCCN(CC)CC)c3)C2)cc1. The summed E-state index contributed by atoms with van der Waals surface area (Å²) in [7, 11) is 0. The van der Waals surface area contributed by atoms with Crippen LogP contribution in [0.2, 0.25) is 0 Å². The van der Waals surface area contributed by atoms with Gasteiger partial charge in [0.15, 0.2) is 0 Å². The van der Waals surface area contributed by atoms with Crippen LogP contribution in [0.3, 0.4) is 0 Å². The third kappa shape index (κ3) is 7.06. The molecule has 3 amide bonds. The zero-order chi connectivity index (χ0) is 23.6. The number of likely N-dealkylation sites (N-methyl/N-ethyl adjacent to an activating group) is 1. The van der Waals surface area contributed by atoms with Gasteiger partial charge in [0.25, 0.3) is 5.91 Å². The molecule has 1 aliphatic heterocycles. The Labute approximate surface area is 198 Å². The van der Waals surface area contributed by atoms with Crippen molar-refractivity contribution in [2.75, 3.05) is 44.6 Å². The lowest BCUT2D eigenvalue weighted by Gasteiger charge is -2.33. The molecule has 1 saturated heterocycles. The van der Waals surface area contributed by atoms with E-state index in [0.717, 1.165) is 56.7 Å². The zero-order valence-electron chi connectivity index (χ0n) is 20.3. The average Bonchev–Trinajstić information content (AvgIpc) is 2.87. The first-order valence-corrected chi connectivity index (χ1v) is 12.3. The molecule has 0 spiro atoms.